The van der Waals surface area contributed by atoms with E-state index >= 15 is 0 Å². The van der Waals surface area contributed by atoms with E-state index in [9.17, 15) is 0 Å². The van der Waals surface area contributed by atoms with Gasteiger partial charge in [-0.3, -0.25) is 0 Å². The molecule has 2 aromatic rings. The largest absolute Gasteiger partial charge is 0.302 e. The van der Waals surface area contributed by atoms with Gasteiger partial charge in [0.15, 0.2) is 0 Å². The Morgan fingerprint density at radius 1 is 0.636 bits per heavy atom. The van der Waals surface area contributed by atoms with Crippen molar-refractivity contribution in [3.8, 4) is 11.1 Å². The van der Waals surface area contributed by atoms with Crippen LogP contribution in [-0.2, 0) is 13.1 Å². The van der Waals surface area contributed by atoms with Gasteiger partial charge in [0.1, 0.15) is 0 Å². The summed E-state index contributed by atoms with van der Waals surface area (Å²) in [6, 6.07) is 17.6. The predicted molar refractivity (Wildman–Crippen MR) is 95.9 cm³/mol. The molecule has 2 nitrogen and oxygen atoms in total. The second-order valence-corrected chi connectivity index (χ2v) is 5.98. The van der Waals surface area contributed by atoms with Crippen LogP contribution < -0.4 is 0 Å². The van der Waals surface area contributed by atoms with Crippen LogP contribution in [0, 0.1) is 0 Å². The van der Waals surface area contributed by atoms with Crippen molar-refractivity contribution in [2.24, 2.45) is 0 Å². The Labute approximate surface area is 135 Å². The van der Waals surface area contributed by atoms with Crippen molar-refractivity contribution in [3.05, 3.63) is 59.7 Å². The maximum Gasteiger partial charge on any atom is 0.0236 e. The zero-order chi connectivity index (χ0) is 15.9. The van der Waals surface area contributed by atoms with Gasteiger partial charge in [-0.1, -0.05) is 62.4 Å². The summed E-state index contributed by atoms with van der Waals surface area (Å²) in [6.07, 6.45) is 0. The minimum atomic E-state index is 0.991. The summed E-state index contributed by atoms with van der Waals surface area (Å²) in [5, 5.41) is 0. The third-order valence-electron chi connectivity index (χ3n) is 4.29. The molecule has 0 aromatic heterocycles. The molecule has 0 fully saturated rings. The molecule has 0 radical (unpaired) electrons. The summed E-state index contributed by atoms with van der Waals surface area (Å²) in [6.45, 7) is 8.51. The predicted octanol–water partition coefficient (Wildman–Crippen LogP) is 4.26. The SMILES string of the molecule is CCN(C)Cc1ccccc1-c1ccccc1CN(C)CC. The molecule has 0 bridgehead atoms. The standard InChI is InChI=1S/C20H28N2/c1-5-21(3)15-17-11-7-9-13-19(17)20-14-10-8-12-18(20)16-22(4)6-2/h7-14H,5-6,15-16H2,1-4H3. The van der Waals surface area contributed by atoms with Crippen LogP contribution in [0.25, 0.3) is 11.1 Å². The van der Waals surface area contributed by atoms with E-state index in [0.29, 0.717) is 0 Å². The van der Waals surface area contributed by atoms with E-state index in [1.54, 1.807) is 0 Å². The molecule has 0 amide bonds. The summed E-state index contributed by atoms with van der Waals surface area (Å²) < 4.78 is 0. The van der Waals surface area contributed by atoms with E-state index in [4.69, 9.17) is 0 Å². The highest BCUT2D eigenvalue weighted by molar-refractivity contribution is 5.70. The van der Waals surface area contributed by atoms with E-state index in [1.165, 1.54) is 22.3 Å². The summed E-state index contributed by atoms with van der Waals surface area (Å²) in [4.78, 5) is 4.69. The molecule has 0 saturated carbocycles. The van der Waals surface area contributed by atoms with Crippen molar-refractivity contribution in [3.63, 3.8) is 0 Å². The zero-order valence-electron chi connectivity index (χ0n) is 14.3. The van der Waals surface area contributed by atoms with Crippen LogP contribution in [0.5, 0.6) is 0 Å². The van der Waals surface area contributed by atoms with E-state index in [-0.39, 0.29) is 0 Å². The molecule has 0 unspecified atom stereocenters. The molecule has 118 valence electrons. The maximum absolute atomic E-state index is 2.35. The monoisotopic (exact) mass is 296 g/mol. The third-order valence-corrected chi connectivity index (χ3v) is 4.29. The Bertz CT molecular complexity index is 538. The Hall–Kier alpha value is -1.64. The number of benzene rings is 2. The van der Waals surface area contributed by atoms with Crippen LogP contribution in [0.15, 0.2) is 48.5 Å². The molecule has 22 heavy (non-hydrogen) atoms. The zero-order valence-corrected chi connectivity index (χ0v) is 14.3. The van der Waals surface area contributed by atoms with Crippen molar-refractivity contribution in [1.29, 1.82) is 0 Å². The van der Waals surface area contributed by atoms with E-state index < -0.39 is 0 Å². The van der Waals surface area contributed by atoms with Gasteiger partial charge in [0.05, 0.1) is 0 Å². The molecule has 2 heteroatoms. The minimum absolute atomic E-state index is 0.991. The van der Waals surface area contributed by atoms with Gasteiger partial charge in [0.25, 0.3) is 0 Å². The highest BCUT2D eigenvalue weighted by atomic mass is 15.1. The minimum Gasteiger partial charge on any atom is -0.302 e. The first-order valence-corrected chi connectivity index (χ1v) is 8.19. The van der Waals surface area contributed by atoms with Crippen molar-refractivity contribution < 1.29 is 0 Å². The van der Waals surface area contributed by atoms with Crippen LogP contribution >= 0.6 is 0 Å². The van der Waals surface area contributed by atoms with E-state index in [0.717, 1.165) is 26.2 Å². The second-order valence-electron chi connectivity index (χ2n) is 5.98. The molecule has 2 rings (SSSR count). The van der Waals surface area contributed by atoms with Crippen molar-refractivity contribution >= 4 is 0 Å². The molecule has 0 saturated heterocycles. The van der Waals surface area contributed by atoms with Gasteiger partial charge in [-0.05, 0) is 49.4 Å². The normalized spacial score (nSPS) is 11.4. The second kappa shape index (κ2) is 8.11. The number of nitrogens with zero attached hydrogens (tertiary/aromatic N) is 2. The molecule has 0 spiro atoms. The number of hydrogen-bond donors (Lipinski definition) is 0. The number of hydrogen-bond acceptors (Lipinski definition) is 2. The Balaban J connectivity index is 2.39. The van der Waals surface area contributed by atoms with Gasteiger partial charge < -0.3 is 9.80 Å². The highest BCUT2D eigenvalue weighted by Crippen LogP contribution is 2.28. The maximum atomic E-state index is 2.35. The Morgan fingerprint density at radius 2 is 1.00 bits per heavy atom. The average molecular weight is 296 g/mol. The lowest BCUT2D eigenvalue weighted by Crippen LogP contribution is -2.18. The first-order chi connectivity index (χ1) is 10.7. The lowest BCUT2D eigenvalue weighted by molar-refractivity contribution is 0.344. The van der Waals surface area contributed by atoms with Crippen molar-refractivity contribution in [2.75, 3.05) is 27.2 Å². The van der Waals surface area contributed by atoms with Gasteiger partial charge in [-0.2, -0.15) is 0 Å². The van der Waals surface area contributed by atoms with Crippen LogP contribution in [0.3, 0.4) is 0 Å². The van der Waals surface area contributed by atoms with Gasteiger partial charge in [-0.15, -0.1) is 0 Å². The van der Waals surface area contributed by atoms with Gasteiger partial charge in [-0.25, -0.2) is 0 Å². The Kier molecular flexibility index (Phi) is 6.17. The molecule has 0 N–H and O–H groups in total. The van der Waals surface area contributed by atoms with Crippen LogP contribution in [0.1, 0.15) is 25.0 Å². The first kappa shape index (κ1) is 16.7. The smallest absolute Gasteiger partial charge is 0.0236 e. The lowest BCUT2D eigenvalue weighted by atomic mass is 9.95. The summed E-state index contributed by atoms with van der Waals surface area (Å²) in [5.74, 6) is 0. The molecule has 0 atom stereocenters. The number of rotatable bonds is 7. The van der Waals surface area contributed by atoms with Gasteiger partial charge >= 0.3 is 0 Å². The Morgan fingerprint density at radius 3 is 1.36 bits per heavy atom. The lowest BCUT2D eigenvalue weighted by Gasteiger charge is -2.20. The first-order valence-electron chi connectivity index (χ1n) is 8.19. The average Bonchev–Trinajstić information content (AvgIpc) is 2.55. The molecule has 0 aliphatic carbocycles. The molecule has 0 aliphatic heterocycles. The van der Waals surface area contributed by atoms with Crippen molar-refractivity contribution in [1.82, 2.24) is 9.80 Å². The summed E-state index contributed by atoms with van der Waals surface area (Å²) in [5.41, 5.74) is 5.53. The van der Waals surface area contributed by atoms with Crippen molar-refractivity contribution in [2.45, 2.75) is 26.9 Å². The fourth-order valence-electron chi connectivity index (χ4n) is 2.65. The van der Waals surface area contributed by atoms with Crippen LogP contribution in [0.4, 0.5) is 0 Å². The van der Waals surface area contributed by atoms with E-state index in [2.05, 4.69) is 86.3 Å². The fraction of sp³-hybridized carbons (Fsp3) is 0.400. The molecule has 0 aliphatic rings. The highest BCUT2D eigenvalue weighted by Gasteiger charge is 2.11. The quantitative estimate of drug-likeness (QED) is 0.753. The summed E-state index contributed by atoms with van der Waals surface area (Å²) in [7, 11) is 4.35. The topological polar surface area (TPSA) is 6.48 Å². The summed E-state index contributed by atoms with van der Waals surface area (Å²) >= 11 is 0. The van der Waals surface area contributed by atoms with E-state index in [1.807, 2.05) is 0 Å². The molecule has 2 aromatic carbocycles. The molecular formula is C20H28N2. The van der Waals surface area contributed by atoms with Gasteiger partial charge in [0, 0.05) is 13.1 Å². The molecular weight excluding hydrogens is 268 g/mol. The molecule has 0 heterocycles. The third kappa shape index (κ3) is 4.19. The van der Waals surface area contributed by atoms with Crippen LogP contribution in [0.2, 0.25) is 0 Å². The van der Waals surface area contributed by atoms with Crippen LogP contribution in [-0.4, -0.2) is 37.0 Å². The van der Waals surface area contributed by atoms with Gasteiger partial charge in [0.2, 0.25) is 0 Å². The fourth-order valence-corrected chi connectivity index (χ4v) is 2.65.